The van der Waals surface area contributed by atoms with Crippen LogP contribution in [0.3, 0.4) is 0 Å². The van der Waals surface area contributed by atoms with Gasteiger partial charge in [0.25, 0.3) is 11.8 Å². The first-order chi connectivity index (χ1) is 16.0. The van der Waals surface area contributed by atoms with E-state index in [0.717, 1.165) is 38.5 Å². The van der Waals surface area contributed by atoms with Gasteiger partial charge >= 0.3 is 0 Å². The molecule has 0 spiro atoms. The summed E-state index contributed by atoms with van der Waals surface area (Å²) in [5.41, 5.74) is 0.999. The average Bonchev–Trinajstić information content (AvgIpc) is 2.81. The third kappa shape index (κ3) is 5.50. The zero-order valence-corrected chi connectivity index (χ0v) is 18.9. The predicted molar refractivity (Wildman–Crippen MR) is 124 cm³/mol. The number of likely N-dealkylation sites (tertiary alicyclic amines) is 1. The molecule has 4 rings (SSSR count). The Hall–Kier alpha value is -3.42. The molecule has 174 valence electrons. The molecule has 1 saturated heterocycles. The maximum Gasteiger partial charge on any atom is 0.255 e. The van der Waals surface area contributed by atoms with Crippen molar-refractivity contribution in [3.05, 3.63) is 53.7 Å². The number of carbonyl (C=O) groups is 3. The van der Waals surface area contributed by atoms with Gasteiger partial charge in [-0.3, -0.25) is 14.4 Å². The number of rotatable bonds is 2. The number of nitrogens with zero attached hydrogens (tertiary/aromatic N) is 2. The van der Waals surface area contributed by atoms with Gasteiger partial charge in [-0.25, -0.2) is 4.98 Å². The molecule has 0 bridgehead atoms. The smallest absolute Gasteiger partial charge is 0.255 e. The summed E-state index contributed by atoms with van der Waals surface area (Å²) < 4.78 is 5.86. The molecule has 3 heterocycles. The summed E-state index contributed by atoms with van der Waals surface area (Å²) in [7, 11) is 0. The predicted octanol–water partition coefficient (Wildman–Crippen LogP) is 3.40. The van der Waals surface area contributed by atoms with Gasteiger partial charge in [-0.15, -0.1) is 0 Å². The number of pyridine rings is 1. The van der Waals surface area contributed by atoms with Gasteiger partial charge in [0, 0.05) is 25.7 Å². The Kier molecular flexibility index (Phi) is 7.22. The van der Waals surface area contributed by atoms with Gasteiger partial charge in [-0.05, 0) is 56.4 Å². The maximum atomic E-state index is 13.4. The van der Waals surface area contributed by atoms with Crippen LogP contribution in [0.25, 0.3) is 0 Å². The normalized spacial score (nSPS) is 21.2. The number of anilines is 1. The van der Waals surface area contributed by atoms with E-state index < -0.39 is 0 Å². The first-order valence-corrected chi connectivity index (χ1v) is 11.6. The molecule has 1 aromatic carbocycles. The van der Waals surface area contributed by atoms with E-state index in [1.54, 1.807) is 18.2 Å². The van der Waals surface area contributed by atoms with Crippen LogP contribution in [0.1, 0.15) is 66.2 Å². The van der Waals surface area contributed by atoms with Crippen LogP contribution in [0, 0.1) is 0 Å². The summed E-state index contributed by atoms with van der Waals surface area (Å²) >= 11 is 0. The van der Waals surface area contributed by atoms with Gasteiger partial charge in [0.2, 0.25) is 5.91 Å². The lowest BCUT2D eigenvalue weighted by molar-refractivity contribution is -0.114. The minimum atomic E-state index is -0.212. The number of amides is 3. The molecule has 2 aliphatic heterocycles. The lowest BCUT2D eigenvalue weighted by atomic mass is 9.90. The lowest BCUT2D eigenvalue weighted by Gasteiger charge is -2.42. The van der Waals surface area contributed by atoms with E-state index in [1.807, 2.05) is 23.1 Å². The van der Waals surface area contributed by atoms with Crippen LogP contribution in [0.2, 0.25) is 0 Å². The van der Waals surface area contributed by atoms with Gasteiger partial charge in [0.1, 0.15) is 11.6 Å². The molecule has 3 amide bonds. The van der Waals surface area contributed by atoms with Crippen LogP contribution in [-0.2, 0) is 4.79 Å². The number of nitrogens with one attached hydrogen (secondary N) is 2. The van der Waals surface area contributed by atoms with Crippen molar-refractivity contribution in [1.29, 1.82) is 0 Å². The van der Waals surface area contributed by atoms with Crippen molar-refractivity contribution in [2.24, 2.45) is 0 Å². The van der Waals surface area contributed by atoms with Crippen molar-refractivity contribution in [3.8, 4) is 5.75 Å². The Labute approximate surface area is 193 Å². The van der Waals surface area contributed by atoms with E-state index in [0.29, 0.717) is 35.8 Å². The third-order valence-corrected chi connectivity index (χ3v) is 6.20. The number of fused-ring (bicyclic) bond motifs is 2. The summed E-state index contributed by atoms with van der Waals surface area (Å²) in [5, 5.41) is 5.80. The van der Waals surface area contributed by atoms with E-state index in [4.69, 9.17) is 4.74 Å². The largest absolute Gasteiger partial charge is 0.493 e. The number of benzene rings is 1. The minimum absolute atomic E-state index is 0.0854. The van der Waals surface area contributed by atoms with Crippen molar-refractivity contribution in [3.63, 3.8) is 0 Å². The molecule has 33 heavy (non-hydrogen) atoms. The third-order valence-electron chi connectivity index (χ3n) is 6.20. The molecule has 2 atom stereocenters. The molecule has 2 N–H and O–H groups in total. The summed E-state index contributed by atoms with van der Waals surface area (Å²) in [4.78, 5) is 43.8. The molecule has 1 fully saturated rings. The van der Waals surface area contributed by atoms with Crippen molar-refractivity contribution in [2.75, 3.05) is 18.5 Å². The summed E-state index contributed by atoms with van der Waals surface area (Å²) in [6.45, 7) is 2.62. The van der Waals surface area contributed by atoms with Gasteiger partial charge < -0.3 is 20.3 Å². The van der Waals surface area contributed by atoms with Crippen LogP contribution in [0.15, 0.2) is 42.6 Å². The summed E-state index contributed by atoms with van der Waals surface area (Å²) in [6, 6.07) is 10.4. The highest BCUT2D eigenvalue weighted by molar-refractivity contribution is 5.97. The number of carbonyl (C=O) groups excluding carboxylic acids is 3. The minimum Gasteiger partial charge on any atom is -0.493 e. The summed E-state index contributed by atoms with van der Waals surface area (Å²) in [5.74, 6) is 0.528. The Balaban J connectivity index is 1.55. The molecule has 0 unspecified atom stereocenters. The van der Waals surface area contributed by atoms with E-state index in [-0.39, 0.29) is 29.8 Å². The fourth-order valence-electron chi connectivity index (χ4n) is 4.62. The molecule has 1 aromatic heterocycles. The zero-order chi connectivity index (χ0) is 23.2. The average molecular weight is 451 g/mol. The van der Waals surface area contributed by atoms with Gasteiger partial charge in [-0.1, -0.05) is 18.6 Å². The Bertz CT molecular complexity index is 1010. The van der Waals surface area contributed by atoms with Crippen LogP contribution < -0.4 is 15.4 Å². The quantitative estimate of drug-likeness (QED) is 0.730. The van der Waals surface area contributed by atoms with Crippen molar-refractivity contribution in [1.82, 2.24) is 15.2 Å². The molecule has 0 aliphatic carbocycles. The van der Waals surface area contributed by atoms with Gasteiger partial charge in [0.15, 0.2) is 0 Å². The first-order valence-electron chi connectivity index (χ1n) is 11.6. The highest BCUT2D eigenvalue weighted by atomic mass is 16.5. The van der Waals surface area contributed by atoms with E-state index in [2.05, 4.69) is 15.6 Å². The second-order valence-electron chi connectivity index (χ2n) is 8.60. The van der Waals surface area contributed by atoms with E-state index in [9.17, 15) is 14.4 Å². The number of piperidine rings is 1. The second kappa shape index (κ2) is 10.5. The fraction of sp³-hybridized carbons (Fsp3) is 0.440. The lowest BCUT2D eigenvalue weighted by Crippen LogP contribution is -2.57. The van der Waals surface area contributed by atoms with E-state index in [1.165, 1.54) is 13.1 Å². The highest BCUT2D eigenvalue weighted by Crippen LogP contribution is 2.27. The fourth-order valence-corrected chi connectivity index (χ4v) is 4.62. The molecule has 2 aliphatic rings. The second-order valence-corrected chi connectivity index (χ2v) is 8.60. The number of hydrogen-bond acceptors (Lipinski definition) is 5. The van der Waals surface area contributed by atoms with Crippen LogP contribution in [-0.4, -0.2) is 52.8 Å². The van der Waals surface area contributed by atoms with Crippen molar-refractivity contribution >= 4 is 23.5 Å². The molecule has 8 nitrogen and oxygen atoms in total. The molecule has 0 radical (unpaired) electrons. The Morgan fingerprint density at radius 1 is 1.09 bits per heavy atom. The number of hydrogen-bond donors (Lipinski definition) is 2. The summed E-state index contributed by atoms with van der Waals surface area (Å²) in [6.07, 6.45) is 6.79. The van der Waals surface area contributed by atoms with E-state index >= 15 is 0 Å². The SMILES string of the molecule is CC(=O)Nc1ccc(C(=O)N2CCC[C@@H]3NC(=O)c4ccccc4OCCCCC[C@@H]32)cn1. The molecule has 0 saturated carbocycles. The monoisotopic (exact) mass is 450 g/mol. The topological polar surface area (TPSA) is 101 Å². The van der Waals surface area contributed by atoms with Gasteiger partial charge in [0.05, 0.1) is 23.8 Å². The van der Waals surface area contributed by atoms with Crippen molar-refractivity contribution in [2.45, 2.75) is 57.5 Å². The molecular weight excluding hydrogens is 420 g/mol. The van der Waals surface area contributed by atoms with Crippen LogP contribution in [0.5, 0.6) is 5.75 Å². The molecular formula is C25H30N4O4. The standard InChI is InChI=1S/C25H30N4O4/c1-17(30)27-23-13-12-18(16-26-23)25(32)29-14-7-9-20-21(29)10-3-2-6-15-33-22-11-5-4-8-19(22)24(31)28-20/h4-5,8,11-13,16,20-21H,2-3,6-7,9-10,14-15H2,1H3,(H,28,31)(H,26,27,30)/t20-,21-/m0/s1. The molecule has 2 aromatic rings. The van der Waals surface area contributed by atoms with Crippen molar-refractivity contribution < 1.29 is 19.1 Å². The van der Waals surface area contributed by atoms with Gasteiger partial charge in [-0.2, -0.15) is 0 Å². The maximum absolute atomic E-state index is 13.4. The Morgan fingerprint density at radius 3 is 2.73 bits per heavy atom. The number of ether oxygens (including phenoxy) is 1. The zero-order valence-electron chi connectivity index (χ0n) is 18.9. The number of para-hydroxylation sites is 1. The van der Waals surface area contributed by atoms with Crippen LogP contribution >= 0.6 is 0 Å². The van der Waals surface area contributed by atoms with Crippen LogP contribution in [0.4, 0.5) is 5.82 Å². The first kappa shape index (κ1) is 22.8. The molecule has 8 heteroatoms. The Morgan fingerprint density at radius 2 is 1.94 bits per heavy atom. The highest BCUT2D eigenvalue weighted by Gasteiger charge is 2.36. The number of aromatic nitrogens is 1.